The van der Waals surface area contributed by atoms with E-state index >= 15 is 0 Å². The number of amides is 1. The molecule has 0 atom stereocenters. The molecule has 0 spiro atoms. The van der Waals surface area contributed by atoms with E-state index < -0.39 is 0 Å². The molecule has 5 heteroatoms. The number of nitrogens with zero attached hydrogens (tertiary/aromatic N) is 1. The minimum absolute atomic E-state index is 0.147. The highest BCUT2D eigenvalue weighted by molar-refractivity contribution is 5.95. The first-order chi connectivity index (χ1) is 13.2. The van der Waals surface area contributed by atoms with Crippen molar-refractivity contribution in [3.63, 3.8) is 0 Å². The quantitative estimate of drug-likeness (QED) is 0.510. The second-order valence-electron chi connectivity index (χ2n) is 6.47. The van der Waals surface area contributed by atoms with E-state index in [1.54, 1.807) is 13.2 Å². The molecule has 1 amide bonds. The van der Waals surface area contributed by atoms with Gasteiger partial charge in [-0.3, -0.25) is 4.79 Å². The number of aromatic amines is 1. The lowest BCUT2D eigenvalue weighted by atomic mass is 10.1. The fourth-order valence-corrected chi connectivity index (χ4v) is 3.27. The number of hydrogen-bond acceptors (Lipinski definition) is 3. The van der Waals surface area contributed by atoms with Crippen LogP contribution in [0.4, 0.5) is 0 Å². The average Bonchev–Trinajstić information content (AvgIpc) is 3.13. The van der Waals surface area contributed by atoms with Gasteiger partial charge in [0.15, 0.2) is 0 Å². The highest BCUT2D eigenvalue weighted by Crippen LogP contribution is 2.20. The van der Waals surface area contributed by atoms with Crippen molar-refractivity contribution in [1.82, 2.24) is 15.3 Å². The van der Waals surface area contributed by atoms with Gasteiger partial charge < -0.3 is 15.0 Å². The van der Waals surface area contributed by atoms with Crippen molar-refractivity contribution in [3.05, 3.63) is 72.1 Å². The van der Waals surface area contributed by atoms with Gasteiger partial charge in [0.2, 0.25) is 0 Å². The summed E-state index contributed by atoms with van der Waals surface area (Å²) in [5, 5.41) is 5.16. The van der Waals surface area contributed by atoms with Gasteiger partial charge in [-0.05, 0) is 48.7 Å². The summed E-state index contributed by atoms with van der Waals surface area (Å²) in [6, 6.07) is 17.5. The Morgan fingerprint density at radius 3 is 2.93 bits per heavy atom. The van der Waals surface area contributed by atoms with E-state index in [-0.39, 0.29) is 5.91 Å². The van der Waals surface area contributed by atoms with Crippen LogP contribution in [0.2, 0.25) is 0 Å². The molecular weight excluding hydrogens is 338 g/mol. The first kappa shape index (κ1) is 17.1. The third-order valence-corrected chi connectivity index (χ3v) is 4.71. The Hall–Kier alpha value is -3.34. The van der Waals surface area contributed by atoms with Gasteiger partial charge in [0, 0.05) is 29.0 Å². The first-order valence-electron chi connectivity index (χ1n) is 9.02. The molecule has 2 heterocycles. The van der Waals surface area contributed by atoms with Crippen LogP contribution in [0, 0.1) is 0 Å². The van der Waals surface area contributed by atoms with E-state index in [4.69, 9.17) is 4.74 Å². The maximum absolute atomic E-state index is 12.4. The van der Waals surface area contributed by atoms with Crippen LogP contribution >= 0.6 is 0 Å². The number of carbonyl (C=O) groups excluding carboxylic acids is 1. The Morgan fingerprint density at radius 1 is 1.15 bits per heavy atom. The van der Waals surface area contributed by atoms with E-state index in [9.17, 15) is 4.79 Å². The van der Waals surface area contributed by atoms with Gasteiger partial charge in [-0.25, -0.2) is 4.98 Å². The maximum atomic E-state index is 12.4. The second-order valence-corrected chi connectivity index (χ2v) is 6.47. The summed E-state index contributed by atoms with van der Waals surface area (Å²) in [4.78, 5) is 20.1. The normalized spacial score (nSPS) is 11.0. The number of methoxy groups -OCH3 is 1. The summed E-state index contributed by atoms with van der Waals surface area (Å²) in [5.41, 5.74) is 3.63. The number of rotatable bonds is 6. The largest absolute Gasteiger partial charge is 0.497 e. The van der Waals surface area contributed by atoms with Crippen molar-refractivity contribution in [1.29, 1.82) is 0 Å². The number of benzene rings is 2. The number of nitrogens with one attached hydrogen (secondary N) is 2. The Labute approximate surface area is 157 Å². The Balaban J connectivity index is 1.36. The Morgan fingerprint density at radius 2 is 2.04 bits per heavy atom. The van der Waals surface area contributed by atoms with E-state index in [1.807, 2.05) is 42.6 Å². The zero-order valence-corrected chi connectivity index (χ0v) is 15.2. The number of hydrogen-bond donors (Lipinski definition) is 2. The SMILES string of the molecule is COc1ccc2nc(C(=O)NCCCc3c[nH]c4ccccc34)ccc2c1. The topological polar surface area (TPSA) is 67.0 Å². The minimum Gasteiger partial charge on any atom is -0.497 e. The number of aromatic nitrogens is 2. The smallest absolute Gasteiger partial charge is 0.269 e. The third-order valence-electron chi connectivity index (χ3n) is 4.71. The molecule has 2 aromatic carbocycles. The van der Waals surface area contributed by atoms with Crippen LogP contribution in [0.5, 0.6) is 5.75 Å². The van der Waals surface area contributed by atoms with Crippen LogP contribution in [0.25, 0.3) is 21.8 Å². The summed E-state index contributed by atoms with van der Waals surface area (Å²) in [6.45, 7) is 0.612. The number of ether oxygens (including phenoxy) is 1. The molecule has 0 unspecified atom stereocenters. The molecule has 136 valence electrons. The monoisotopic (exact) mass is 359 g/mol. The highest BCUT2D eigenvalue weighted by atomic mass is 16.5. The van der Waals surface area contributed by atoms with E-state index in [2.05, 4.69) is 27.4 Å². The summed E-state index contributed by atoms with van der Waals surface area (Å²) >= 11 is 0. The molecule has 4 aromatic rings. The zero-order valence-electron chi connectivity index (χ0n) is 15.2. The molecule has 0 radical (unpaired) electrons. The minimum atomic E-state index is -0.147. The van der Waals surface area contributed by atoms with Gasteiger partial charge in [-0.1, -0.05) is 24.3 Å². The number of aryl methyl sites for hydroxylation is 1. The van der Waals surface area contributed by atoms with Crippen molar-refractivity contribution >= 4 is 27.7 Å². The lowest BCUT2D eigenvalue weighted by Crippen LogP contribution is -2.25. The number of pyridine rings is 1. The molecule has 0 aliphatic heterocycles. The van der Waals surface area contributed by atoms with Crippen molar-refractivity contribution in [2.45, 2.75) is 12.8 Å². The summed E-state index contributed by atoms with van der Waals surface area (Å²) < 4.78 is 5.21. The Kier molecular flexibility index (Phi) is 4.75. The van der Waals surface area contributed by atoms with Gasteiger partial charge >= 0.3 is 0 Å². The summed E-state index contributed by atoms with van der Waals surface area (Å²) in [7, 11) is 1.63. The zero-order chi connectivity index (χ0) is 18.6. The predicted molar refractivity (Wildman–Crippen MR) is 107 cm³/mol. The van der Waals surface area contributed by atoms with Crippen LogP contribution in [0.1, 0.15) is 22.5 Å². The van der Waals surface area contributed by atoms with Crippen molar-refractivity contribution in [2.24, 2.45) is 0 Å². The van der Waals surface area contributed by atoms with Crippen molar-refractivity contribution < 1.29 is 9.53 Å². The molecule has 0 aliphatic carbocycles. The van der Waals surface area contributed by atoms with E-state index in [1.165, 1.54) is 10.9 Å². The van der Waals surface area contributed by atoms with Crippen LogP contribution in [0.3, 0.4) is 0 Å². The fourth-order valence-electron chi connectivity index (χ4n) is 3.27. The van der Waals surface area contributed by atoms with Gasteiger partial charge in [0.1, 0.15) is 11.4 Å². The third kappa shape index (κ3) is 3.62. The van der Waals surface area contributed by atoms with Gasteiger partial charge in [0.25, 0.3) is 5.91 Å². The van der Waals surface area contributed by atoms with Gasteiger partial charge in [-0.2, -0.15) is 0 Å². The first-order valence-corrected chi connectivity index (χ1v) is 9.02. The lowest BCUT2D eigenvalue weighted by Gasteiger charge is -2.06. The number of para-hydroxylation sites is 1. The molecular formula is C22H21N3O2. The van der Waals surface area contributed by atoms with E-state index in [0.29, 0.717) is 12.2 Å². The number of H-pyrrole nitrogens is 1. The molecule has 4 rings (SSSR count). The predicted octanol–water partition coefficient (Wildman–Crippen LogP) is 4.09. The van der Waals surface area contributed by atoms with Crippen molar-refractivity contribution in [3.8, 4) is 5.75 Å². The fraction of sp³-hybridized carbons (Fsp3) is 0.182. The molecule has 2 aromatic heterocycles. The molecule has 0 aliphatic rings. The lowest BCUT2D eigenvalue weighted by molar-refractivity contribution is 0.0948. The number of carbonyl (C=O) groups is 1. The molecule has 2 N–H and O–H groups in total. The van der Waals surface area contributed by atoms with Crippen LogP contribution in [-0.4, -0.2) is 29.5 Å². The standard InChI is InChI=1S/C22H21N3O2/c1-27-17-9-11-19-15(13-17)8-10-21(25-19)22(26)23-12-4-5-16-14-24-20-7-3-2-6-18(16)20/h2-3,6-11,13-14,24H,4-5,12H2,1H3,(H,23,26). The summed E-state index contributed by atoms with van der Waals surface area (Å²) in [6.07, 6.45) is 3.83. The van der Waals surface area contributed by atoms with Gasteiger partial charge in [-0.15, -0.1) is 0 Å². The Bertz CT molecular complexity index is 1100. The maximum Gasteiger partial charge on any atom is 0.269 e. The van der Waals surface area contributed by atoms with Crippen LogP contribution in [-0.2, 0) is 6.42 Å². The van der Waals surface area contributed by atoms with Crippen LogP contribution < -0.4 is 10.1 Å². The molecule has 0 saturated heterocycles. The molecule has 0 fully saturated rings. The van der Waals surface area contributed by atoms with E-state index in [0.717, 1.165) is 35.0 Å². The molecule has 0 saturated carbocycles. The molecule has 5 nitrogen and oxygen atoms in total. The highest BCUT2D eigenvalue weighted by Gasteiger charge is 2.09. The average molecular weight is 359 g/mol. The van der Waals surface area contributed by atoms with Crippen molar-refractivity contribution in [2.75, 3.05) is 13.7 Å². The summed E-state index contributed by atoms with van der Waals surface area (Å²) in [5.74, 6) is 0.630. The molecule has 0 bridgehead atoms. The molecule has 27 heavy (non-hydrogen) atoms. The number of fused-ring (bicyclic) bond motifs is 2. The van der Waals surface area contributed by atoms with Gasteiger partial charge in [0.05, 0.1) is 12.6 Å². The second kappa shape index (κ2) is 7.50. The van der Waals surface area contributed by atoms with Crippen LogP contribution in [0.15, 0.2) is 60.8 Å².